The molecule has 0 saturated heterocycles. The third-order valence-electron chi connectivity index (χ3n) is 2.83. The molecule has 1 heterocycles. The monoisotopic (exact) mass is 182 g/mol. The van der Waals surface area contributed by atoms with Gasteiger partial charge in [0, 0.05) is 6.08 Å². The van der Waals surface area contributed by atoms with E-state index >= 15 is 0 Å². The van der Waals surface area contributed by atoms with E-state index in [2.05, 4.69) is 0 Å². The first-order chi connectivity index (χ1) is 5.81. The van der Waals surface area contributed by atoms with Gasteiger partial charge in [-0.3, -0.25) is 4.79 Å². The van der Waals surface area contributed by atoms with Crippen molar-refractivity contribution in [3.8, 4) is 0 Å². The molecule has 1 saturated carbocycles. The van der Waals surface area contributed by atoms with Crippen LogP contribution in [0.15, 0.2) is 12.3 Å². The van der Waals surface area contributed by atoms with Crippen molar-refractivity contribution in [3.63, 3.8) is 0 Å². The van der Waals surface area contributed by atoms with E-state index in [1.54, 1.807) is 12.3 Å². The first kappa shape index (κ1) is 10.3. The van der Waals surface area contributed by atoms with Gasteiger partial charge in [0.15, 0.2) is 5.78 Å². The number of ether oxygens (including phenoxy) is 1. The molecular weight excluding hydrogens is 164 g/mol. The fourth-order valence-corrected chi connectivity index (χ4v) is 2.16. The zero-order valence-corrected chi connectivity index (χ0v) is 7.21. The van der Waals surface area contributed by atoms with E-state index < -0.39 is 0 Å². The van der Waals surface area contributed by atoms with Gasteiger partial charge in [-0.05, 0) is 25.7 Å². The van der Waals surface area contributed by atoms with Crippen molar-refractivity contribution in [1.29, 1.82) is 0 Å². The van der Waals surface area contributed by atoms with Crippen LogP contribution in [-0.4, -0.2) is 11.4 Å². The Morgan fingerprint density at radius 3 is 2.54 bits per heavy atom. The normalized spacial score (nSPS) is 25.1. The lowest BCUT2D eigenvalue weighted by atomic mass is 9.80. The minimum atomic E-state index is -0.107. The number of hydrogen-bond donors (Lipinski definition) is 0. The Bertz CT molecular complexity index is 212. The fraction of sp³-hybridized carbons (Fsp3) is 0.727. The van der Waals surface area contributed by atoms with E-state index in [9.17, 15) is 4.79 Å². The van der Waals surface area contributed by atoms with Crippen molar-refractivity contribution < 1.29 is 9.53 Å². The van der Waals surface area contributed by atoms with E-state index in [1.165, 1.54) is 19.3 Å². The average molecular weight is 182 g/mol. The fourth-order valence-electron chi connectivity index (χ4n) is 2.16. The van der Waals surface area contributed by atoms with Gasteiger partial charge in [-0.2, -0.15) is 0 Å². The van der Waals surface area contributed by atoms with Crippen LogP contribution in [0.25, 0.3) is 0 Å². The minimum Gasteiger partial charge on any atom is -0.494 e. The van der Waals surface area contributed by atoms with E-state index in [0.29, 0.717) is 6.42 Å². The Kier molecular flexibility index (Phi) is 3.12. The van der Waals surface area contributed by atoms with Gasteiger partial charge in [-0.1, -0.05) is 13.8 Å². The van der Waals surface area contributed by atoms with Crippen LogP contribution in [0.4, 0.5) is 0 Å². The molecule has 0 aromatic rings. The highest BCUT2D eigenvalue weighted by Gasteiger charge is 2.36. The second-order valence-corrected chi connectivity index (χ2v) is 3.81. The molecule has 1 aliphatic carbocycles. The molecule has 0 aromatic carbocycles. The third kappa shape index (κ3) is 2.11. The maximum Gasteiger partial charge on any atom is 0.162 e. The summed E-state index contributed by atoms with van der Waals surface area (Å²) in [5, 5.41) is 0. The first-order valence-corrected chi connectivity index (χ1v) is 4.68. The molecule has 0 N–H and O–H groups in total. The van der Waals surface area contributed by atoms with Gasteiger partial charge < -0.3 is 4.74 Å². The van der Waals surface area contributed by atoms with E-state index in [-0.39, 0.29) is 18.8 Å². The minimum absolute atomic E-state index is 0. The van der Waals surface area contributed by atoms with Crippen molar-refractivity contribution in [2.75, 3.05) is 0 Å². The zero-order valence-electron chi connectivity index (χ0n) is 7.21. The number of ketones is 1. The van der Waals surface area contributed by atoms with E-state index in [1.807, 2.05) is 0 Å². The van der Waals surface area contributed by atoms with E-state index in [4.69, 9.17) is 4.74 Å². The van der Waals surface area contributed by atoms with Crippen LogP contribution in [-0.2, 0) is 9.53 Å². The summed E-state index contributed by atoms with van der Waals surface area (Å²) in [7, 11) is 0. The highest BCUT2D eigenvalue weighted by atomic mass is 16.5. The lowest BCUT2D eigenvalue weighted by molar-refractivity contribution is -0.124. The number of carbonyl (C=O) groups is 1. The largest absolute Gasteiger partial charge is 0.494 e. The summed E-state index contributed by atoms with van der Waals surface area (Å²) in [4.78, 5) is 11.2. The van der Waals surface area contributed by atoms with Crippen molar-refractivity contribution in [1.82, 2.24) is 0 Å². The SMILES string of the molecule is C.O=C1C=COC2(CCCCC2)C1. The first-order valence-electron chi connectivity index (χ1n) is 4.68. The van der Waals surface area contributed by atoms with Crippen molar-refractivity contribution in [2.24, 2.45) is 0 Å². The van der Waals surface area contributed by atoms with Gasteiger partial charge in [-0.15, -0.1) is 0 Å². The molecule has 0 atom stereocenters. The smallest absolute Gasteiger partial charge is 0.162 e. The van der Waals surface area contributed by atoms with Gasteiger partial charge >= 0.3 is 0 Å². The van der Waals surface area contributed by atoms with Gasteiger partial charge in [-0.25, -0.2) is 0 Å². The summed E-state index contributed by atoms with van der Waals surface area (Å²) in [6, 6.07) is 0. The van der Waals surface area contributed by atoms with Crippen molar-refractivity contribution >= 4 is 5.78 Å². The van der Waals surface area contributed by atoms with Gasteiger partial charge in [0.1, 0.15) is 5.60 Å². The molecule has 0 bridgehead atoms. The Hall–Kier alpha value is -0.790. The molecule has 0 radical (unpaired) electrons. The second-order valence-electron chi connectivity index (χ2n) is 3.81. The van der Waals surface area contributed by atoms with Gasteiger partial charge in [0.05, 0.1) is 12.7 Å². The maximum atomic E-state index is 11.2. The lowest BCUT2D eigenvalue weighted by Gasteiger charge is -2.37. The summed E-state index contributed by atoms with van der Waals surface area (Å²) in [5.41, 5.74) is -0.107. The predicted molar refractivity (Wildman–Crippen MR) is 52.4 cm³/mol. The molecular formula is C11H18O2. The molecule has 0 amide bonds. The van der Waals surface area contributed by atoms with Crippen LogP contribution in [0.1, 0.15) is 46.0 Å². The summed E-state index contributed by atoms with van der Waals surface area (Å²) in [5.74, 6) is 0.225. The van der Waals surface area contributed by atoms with Crippen LogP contribution in [0.2, 0.25) is 0 Å². The number of hydrogen-bond acceptors (Lipinski definition) is 2. The van der Waals surface area contributed by atoms with Crippen molar-refractivity contribution in [2.45, 2.75) is 51.6 Å². The lowest BCUT2D eigenvalue weighted by Crippen LogP contribution is -2.37. The highest BCUT2D eigenvalue weighted by Crippen LogP contribution is 2.36. The molecule has 1 aliphatic heterocycles. The topological polar surface area (TPSA) is 26.3 Å². The quantitative estimate of drug-likeness (QED) is 0.576. The molecule has 1 spiro atoms. The van der Waals surface area contributed by atoms with Gasteiger partial charge in [0.25, 0.3) is 0 Å². The highest BCUT2D eigenvalue weighted by molar-refractivity contribution is 5.90. The van der Waals surface area contributed by atoms with Crippen molar-refractivity contribution in [3.05, 3.63) is 12.3 Å². The molecule has 0 aromatic heterocycles. The molecule has 0 unspecified atom stereocenters. The molecule has 1 fully saturated rings. The number of allylic oxidation sites excluding steroid dienone is 1. The summed E-state index contributed by atoms with van der Waals surface area (Å²) < 4.78 is 5.58. The summed E-state index contributed by atoms with van der Waals surface area (Å²) in [6.45, 7) is 0. The average Bonchev–Trinajstić information content (AvgIpc) is 2.05. The molecule has 13 heavy (non-hydrogen) atoms. The van der Waals surface area contributed by atoms with Gasteiger partial charge in [0.2, 0.25) is 0 Å². The molecule has 2 nitrogen and oxygen atoms in total. The van der Waals surface area contributed by atoms with Crippen LogP contribution in [0.5, 0.6) is 0 Å². The third-order valence-corrected chi connectivity index (χ3v) is 2.83. The zero-order chi connectivity index (χ0) is 8.44. The molecule has 2 rings (SSSR count). The van der Waals surface area contributed by atoms with Crippen LogP contribution >= 0.6 is 0 Å². The predicted octanol–water partition coefficient (Wildman–Crippen LogP) is 2.83. The Morgan fingerprint density at radius 1 is 1.23 bits per heavy atom. The standard InChI is InChI=1S/C10H14O2.CH4/c11-9-4-7-12-10(8-9)5-2-1-3-6-10;/h4,7H,1-3,5-6,8H2;1H4. The molecule has 74 valence electrons. The summed E-state index contributed by atoms with van der Waals surface area (Å²) >= 11 is 0. The van der Waals surface area contributed by atoms with Crippen LogP contribution in [0, 0.1) is 0 Å². The van der Waals surface area contributed by atoms with Crippen LogP contribution in [0.3, 0.4) is 0 Å². The molecule has 2 aliphatic rings. The van der Waals surface area contributed by atoms with E-state index in [0.717, 1.165) is 12.8 Å². The number of rotatable bonds is 0. The second kappa shape index (κ2) is 3.95. The Morgan fingerprint density at radius 2 is 1.92 bits per heavy atom. The maximum absolute atomic E-state index is 11.2. The Labute approximate surface area is 80.0 Å². The Balaban J connectivity index is 0.000000845. The summed E-state index contributed by atoms with van der Waals surface area (Å²) in [6.07, 6.45) is 9.55. The number of carbonyl (C=O) groups excluding carboxylic acids is 1. The molecule has 2 heteroatoms. The van der Waals surface area contributed by atoms with Crippen LogP contribution < -0.4 is 0 Å².